The van der Waals surface area contributed by atoms with Gasteiger partial charge in [0.15, 0.2) is 0 Å². The van der Waals surface area contributed by atoms with Crippen LogP contribution in [0, 0.1) is 0 Å². The molecule has 0 spiro atoms. The van der Waals surface area contributed by atoms with E-state index >= 15 is 0 Å². The first kappa shape index (κ1) is 19.1. The topological polar surface area (TPSA) is 77.7 Å². The molecule has 1 aromatic carbocycles. The second kappa shape index (κ2) is 7.90. The van der Waals surface area contributed by atoms with Crippen molar-refractivity contribution in [2.45, 2.75) is 32.8 Å². The lowest BCUT2D eigenvalue weighted by atomic mass is 10.1. The van der Waals surface area contributed by atoms with Crippen molar-refractivity contribution in [3.63, 3.8) is 0 Å². The molecule has 0 bridgehead atoms. The molecule has 3 amide bonds. The first-order valence-corrected chi connectivity index (χ1v) is 9.39. The summed E-state index contributed by atoms with van der Waals surface area (Å²) in [6.45, 7) is 8.13. The third kappa shape index (κ3) is 4.93. The number of nitrogens with one attached hydrogen (secondary N) is 2. The highest BCUT2D eigenvalue weighted by atomic mass is 16.6. The number of piperazine rings is 1. The van der Waals surface area contributed by atoms with Crippen molar-refractivity contribution in [1.29, 1.82) is 0 Å². The van der Waals surface area contributed by atoms with Crippen LogP contribution >= 0.6 is 0 Å². The Balaban J connectivity index is 1.43. The van der Waals surface area contributed by atoms with E-state index in [-0.39, 0.29) is 12.1 Å². The van der Waals surface area contributed by atoms with Crippen LogP contribution in [-0.4, -0.2) is 65.2 Å². The molecule has 146 valence electrons. The van der Waals surface area contributed by atoms with E-state index in [1.54, 1.807) is 9.80 Å². The van der Waals surface area contributed by atoms with E-state index in [9.17, 15) is 9.59 Å². The maximum atomic E-state index is 12.4. The summed E-state index contributed by atoms with van der Waals surface area (Å²) in [6, 6.07) is 8.06. The Morgan fingerprint density at radius 1 is 1.11 bits per heavy atom. The van der Waals surface area contributed by atoms with Crippen LogP contribution in [0.15, 0.2) is 30.5 Å². The maximum Gasteiger partial charge on any atom is 0.410 e. The fourth-order valence-corrected chi connectivity index (χ4v) is 3.17. The number of urea groups is 1. The Hall–Kier alpha value is -2.70. The molecule has 0 unspecified atom stereocenters. The van der Waals surface area contributed by atoms with Gasteiger partial charge in [0.1, 0.15) is 5.60 Å². The minimum atomic E-state index is -0.506. The number of aromatic amines is 1. The van der Waals surface area contributed by atoms with Gasteiger partial charge in [0.25, 0.3) is 0 Å². The molecule has 0 aliphatic carbocycles. The number of carbonyl (C=O) groups is 2. The zero-order valence-corrected chi connectivity index (χ0v) is 16.2. The molecule has 7 heteroatoms. The van der Waals surface area contributed by atoms with Crippen LogP contribution in [0.1, 0.15) is 26.3 Å². The van der Waals surface area contributed by atoms with E-state index in [4.69, 9.17) is 4.74 Å². The lowest BCUT2D eigenvalue weighted by Gasteiger charge is -2.35. The first-order chi connectivity index (χ1) is 12.8. The molecule has 7 nitrogen and oxygen atoms in total. The number of fused-ring (bicyclic) bond motifs is 1. The van der Waals surface area contributed by atoms with Crippen molar-refractivity contribution >= 4 is 23.0 Å². The molecule has 1 fully saturated rings. The highest BCUT2D eigenvalue weighted by Gasteiger charge is 2.27. The van der Waals surface area contributed by atoms with Crippen LogP contribution in [0.25, 0.3) is 10.9 Å². The second-order valence-electron chi connectivity index (χ2n) is 7.80. The summed E-state index contributed by atoms with van der Waals surface area (Å²) < 4.78 is 5.38. The summed E-state index contributed by atoms with van der Waals surface area (Å²) >= 11 is 0. The largest absolute Gasteiger partial charge is 0.444 e. The zero-order valence-electron chi connectivity index (χ0n) is 16.2. The number of hydrogen-bond donors (Lipinski definition) is 2. The smallest absolute Gasteiger partial charge is 0.410 e. The van der Waals surface area contributed by atoms with Crippen molar-refractivity contribution < 1.29 is 14.3 Å². The standard InChI is InChI=1S/C20H28N4O3/c1-20(2,3)27-19(26)24-12-10-23(11-13-24)18(25)21-9-8-15-14-22-17-7-5-4-6-16(15)17/h4-7,14,22H,8-13H2,1-3H3,(H,21,25). The van der Waals surface area contributed by atoms with Gasteiger partial charge < -0.3 is 24.8 Å². The third-order valence-corrected chi connectivity index (χ3v) is 4.56. The number of carbonyl (C=O) groups excluding carboxylic acids is 2. The van der Waals surface area contributed by atoms with Gasteiger partial charge in [0.2, 0.25) is 0 Å². The maximum absolute atomic E-state index is 12.4. The van der Waals surface area contributed by atoms with Crippen LogP contribution in [-0.2, 0) is 11.2 Å². The van der Waals surface area contributed by atoms with Gasteiger partial charge in [-0.2, -0.15) is 0 Å². The molecule has 1 saturated heterocycles. The fraction of sp³-hybridized carbons (Fsp3) is 0.500. The summed E-state index contributed by atoms with van der Waals surface area (Å²) in [5.74, 6) is 0. The molecule has 2 heterocycles. The van der Waals surface area contributed by atoms with Gasteiger partial charge >= 0.3 is 12.1 Å². The second-order valence-corrected chi connectivity index (χ2v) is 7.80. The molecule has 2 N–H and O–H groups in total. The van der Waals surface area contributed by atoms with E-state index in [2.05, 4.69) is 16.4 Å². The SMILES string of the molecule is CC(C)(C)OC(=O)N1CCN(C(=O)NCCc2c[nH]c3ccccc23)CC1. The number of hydrogen-bond acceptors (Lipinski definition) is 3. The highest BCUT2D eigenvalue weighted by molar-refractivity contribution is 5.83. The predicted molar refractivity (Wildman–Crippen MR) is 105 cm³/mol. The molecular weight excluding hydrogens is 344 g/mol. The summed E-state index contributed by atoms with van der Waals surface area (Å²) in [7, 11) is 0. The van der Waals surface area contributed by atoms with Gasteiger partial charge in [-0.3, -0.25) is 0 Å². The van der Waals surface area contributed by atoms with Crippen LogP contribution in [0.4, 0.5) is 9.59 Å². The van der Waals surface area contributed by atoms with E-state index in [0.717, 1.165) is 11.9 Å². The fourth-order valence-electron chi connectivity index (χ4n) is 3.17. The van der Waals surface area contributed by atoms with Crippen molar-refractivity contribution in [2.75, 3.05) is 32.7 Å². The number of H-pyrrole nitrogens is 1. The Morgan fingerprint density at radius 3 is 2.48 bits per heavy atom. The number of para-hydroxylation sites is 1. The van der Waals surface area contributed by atoms with Crippen LogP contribution in [0.5, 0.6) is 0 Å². The highest BCUT2D eigenvalue weighted by Crippen LogP contribution is 2.17. The molecule has 0 atom stereocenters. The molecule has 0 radical (unpaired) electrons. The van der Waals surface area contributed by atoms with Crippen molar-refractivity contribution in [3.05, 3.63) is 36.0 Å². The van der Waals surface area contributed by atoms with Gasteiger partial charge in [0, 0.05) is 49.8 Å². The monoisotopic (exact) mass is 372 g/mol. The quantitative estimate of drug-likeness (QED) is 0.869. The number of benzene rings is 1. The Bertz CT molecular complexity index is 801. The summed E-state index contributed by atoms with van der Waals surface area (Å²) in [4.78, 5) is 31.1. The zero-order chi connectivity index (χ0) is 19.4. The summed E-state index contributed by atoms with van der Waals surface area (Å²) in [6.07, 6.45) is 2.45. The summed E-state index contributed by atoms with van der Waals surface area (Å²) in [5, 5.41) is 4.17. The van der Waals surface area contributed by atoms with Crippen LogP contribution in [0.3, 0.4) is 0 Å². The molecule has 1 aliphatic rings. The van der Waals surface area contributed by atoms with Gasteiger partial charge in [-0.05, 0) is 38.8 Å². The molecule has 0 saturated carbocycles. The van der Waals surface area contributed by atoms with E-state index in [1.807, 2.05) is 45.2 Å². The Kier molecular flexibility index (Phi) is 5.58. The van der Waals surface area contributed by atoms with Gasteiger partial charge in [0.05, 0.1) is 0 Å². The van der Waals surface area contributed by atoms with Crippen molar-refractivity contribution in [2.24, 2.45) is 0 Å². The molecular formula is C20H28N4O3. The number of amides is 3. The average Bonchev–Trinajstić information content (AvgIpc) is 3.04. The Morgan fingerprint density at radius 2 is 1.78 bits per heavy atom. The van der Waals surface area contributed by atoms with Crippen molar-refractivity contribution in [3.8, 4) is 0 Å². The van der Waals surface area contributed by atoms with Gasteiger partial charge in [-0.25, -0.2) is 9.59 Å². The lowest BCUT2D eigenvalue weighted by molar-refractivity contribution is 0.0170. The van der Waals surface area contributed by atoms with E-state index in [0.29, 0.717) is 32.7 Å². The number of aromatic nitrogens is 1. The number of ether oxygens (including phenoxy) is 1. The molecule has 1 aromatic heterocycles. The minimum Gasteiger partial charge on any atom is -0.444 e. The normalized spacial score (nSPS) is 15.1. The number of rotatable bonds is 3. The summed E-state index contributed by atoms with van der Waals surface area (Å²) in [5.41, 5.74) is 1.80. The molecule has 27 heavy (non-hydrogen) atoms. The molecule has 3 rings (SSSR count). The van der Waals surface area contributed by atoms with Gasteiger partial charge in [-0.1, -0.05) is 18.2 Å². The lowest BCUT2D eigenvalue weighted by Crippen LogP contribution is -2.54. The minimum absolute atomic E-state index is 0.0846. The Labute approximate surface area is 159 Å². The first-order valence-electron chi connectivity index (χ1n) is 9.39. The molecule has 1 aliphatic heterocycles. The van der Waals surface area contributed by atoms with Crippen LogP contribution in [0.2, 0.25) is 0 Å². The van der Waals surface area contributed by atoms with Gasteiger partial charge in [-0.15, -0.1) is 0 Å². The molecule has 2 aromatic rings. The van der Waals surface area contributed by atoms with Crippen molar-refractivity contribution in [1.82, 2.24) is 20.1 Å². The van der Waals surface area contributed by atoms with E-state index < -0.39 is 5.60 Å². The van der Waals surface area contributed by atoms with Crippen LogP contribution < -0.4 is 5.32 Å². The predicted octanol–water partition coefficient (Wildman–Crippen LogP) is 2.97. The number of nitrogens with zero attached hydrogens (tertiary/aromatic N) is 2. The average molecular weight is 372 g/mol. The third-order valence-electron chi connectivity index (χ3n) is 4.56. The van der Waals surface area contributed by atoms with E-state index in [1.165, 1.54) is 10.9 Å².